The largest absolute Gasteiger partial charge is 0.387 e. The Morgan fingerprint density at radius 1 is 1.40 bits per heavy atom. The van der Waals surface area contributed by atoms with Gasteiger partial charge in [-0.1, -0.05) is 30.3 Å². The normalized spacial score (nSPS) is 20.8. The lowest BCUT2D eigenvalue weighted by molar-refractivity contribution is -0.00156. The lowest BCUT2D eigenvalue weighted by Crippen LogP contribution is -2.38. The van der Waals surface area contributed by atoms with Crippen LogP contribution in [0.3, 0.4) is 0 Å². The van der Waals surface area contributed by atoms with E-state index in [0.717, 1.165) is 31.7 Å². The molecule has 3 N–H and O–H groups in total. The van der Waals surface area contributed by atoms with E-state index in [-0.39, 0.29) is 11.8 Å². The molecule has 110 valence electrons. The van der Waals surface area contributed by atoms with Crippen molar-refractivity contribution in [3.63, 3.8) is 0 Å². The number of ether oxygens (including phenoxy) is 1. The average molecular weight is 275 g/mol. The van der Waals surface area contributed by atoms with Crippen molar-refractivity contribution in [2.75, 3.05) is 26.7 Å². The molecule has 1 aliphatic rings. The molecule has 1 aromatic rings. The highest BCUT2D eigenvalue weighted by Gasteiger charge is 2.20. The molecule has 1 fully saturated rings. The number of hydrogen-bond acceptors (Lipinski definition) is 3. The number of benzene rings is 1. The summed E-state index contributed by atoms with van der Waals surface area (Å²) in [5, 5.41) is 7.82. The molecule has 0 bridgehead atoms. The first-order valence-electron chi connectivity index (χ1n) is 7.36. The number of amidine groups is 1. The van der Waals surface area contributed by atoms with Gasteiger partial charge in [0.2, 0.25) is 0 Å². The van der Waals surface area contributed by atoms with Gasteiger partial charge < -0.3 is 15.4 Å². The molecule has 0 saturated carbocycles. The lowest BCUT2D eigenvalue weighted by Gasteiger charge is -2.29. The predicted octanol–water partition coefficient (Wildman–Crippen LogP) is 2.21. The van der Waals surface area contributed by atoms with Crippen LogP contribution < -0.4 is 5.73 Å². The maximum atomic E-state index is 7.82. The van der Waals surface area contributed by atoms with Gasteiger partial charge in [0.25, 0.3) is 0 Å². The minimum absolute atomic E-state index is 0.0372. The van der Waals surface area contributed by atoms with E-state index in [1.165, 1.54) is 12.8 Å². The van der Waals surface area contributed by atoms with Crippen molar-refractivity contribution in [2.24, 2.45) is 5.73 Å². The van der Waals surface area contributed by atoms with Gasteiger partial charge in [-0.2, -0.15) is 0 Å². The van der Waals surface area contributed by atoms with Gasteiger partial charge >= 0.3 is 0 Å². The van der Waals surface area contributed by atoms with E-state index in [4.69, 9.17) is 15.9 Å². The van der Waals surface area contributed by atoms with Crippen molar-refractivity contribution in [3.8, 4) is 0 Å². The van der Waals surface area contributed by atoms with Gasteiger partial charge in [0, 0.05) is 19.7 Å². The van der Waals surface area contributed by atoms with Gasteiger partial charge in [-0.15, -0.1) is 0 Å². The van der Waals surface area contributed by atoms with E-state index < -0.39 is 0 Å². The third-order valence-corrected chi connectivity index (χ3v) is 3.86. The molecular weight excluding hydrogens is 250 g/mol. The molecule has 1 saturated heterocycles. The van der Waals surface area contributed by atoms with Crippen LogP contribution in [0.25, 0.3) is 0 Å². The minimum Gasteiger partial charge on any atom is -0.387 e. The van der Waals surface area contributed by atoms with E-state index in [1.54, 1.807) is 0 Å². The van der Waals surface area contributed by atoms with Gasteiger partial charge in [0.1, 0.15) is 0 Å². The van der Waals surface area contributed by atoms with Crippen LogP contribution in [0.2, 0.25) is 0 Å². The Kier molecular flexibility index (Phi) is 5.56. The summed E-state index contributed by atoms with van der Waals surface area (Å²) in [6.45, 7) is 2.56. The van der Waals surface area contributed by atoms with Crippen molar-refractivity contribution in [3.05, 3.63) is 35.9 Å². The number of nitrogens with zero attached hydrogens (tertiary/aromatic N) is 1. The molecule has 20 heavy (non-hydrogen) atoms. The number of nitrogens with two attached hydrogens (primary N) is 1. The number of nitrogens with one attached hydrogen (secondary N) is 1. The minimum atomic E-state index is -0.0372. The van der Waals surface area contributed by atoms with Gasteiger partial charge in [-0.05, 0) is 31.9 Å². The summed E-state index contributed by atoms with van der Waals surface area (Å²) >= 11 is 0. The SMILES string of the molecule is CN(CC1CCCCO1)CC(C(=N)N)c1ccccc1. The Balaban J connectivity index is 1.92. The molecule has 1 aliphatic heterocycles. The molecule has 4 heteroatoms. The molecule has 1 aromatic carbocycles. The highest BCUT2D eigenvalue weighted by Crippen LogP contribution is 2.18. The summed E-state index contributed by atoms with van der Waals surface area (Å²) in [5.41, 5.74) is 6.88. The van der Waals surface area contributed by atoms with Crippen LogP contribution in [0.15, 0.2) is 30.3 Å². The first-order valence-corrected chi connectivity index (χ1v) is 7.36. The summed E-state index contributed by atoms with van der Waals surface area (Å²) in [7, 11) is 2.08. The zero-order valence-electron chi connectivity index (χ0n) is 12.2. The summed E-state index contributed by atoms with van der Waals surface area (Å²) < 4.78 is 5.77. The molecule has 1 heterocycles. The molecule has 0 radical (unpaired) electrons. The van der Waals surface area contributed by atoms with Crippen LogP contribution >= 0.6 is 0 Å². The summed E-state index contributed by atoms with van der Waals surface area (Å²) in [6.07, 6.45) is 3.91. The molecule has 0 aliphatic carbocycles. The topological polar surface area (TPSA) is 62.3 Å². The first kappa shape index (κ1) is 15.0. The van der Waals surface area contributed by atoms with Gasteiger partial charge in [-0.3, -0.25) is 5.41 Å². The summed E-state index contributed by atoms with van der Waals surface area (Å²) in [4.78, 5) is 2.23. The second kappa shape index (κ2) is 7.41. The smallest absolute Gasteiger partial charge is 0.0995 e. The highest BCUT2D eigenvalue weighted by molar-refractivity contribution is 5.84. The number of hydrogen-bond donors (Lipinski definition) is 2. The van der Waals surface area contributed by atoms with Crippen molar-refractivity contribution < 1.29 is 4.74 Å². The average Bonchev–Trinajstić information content (AvgIpc) is 2.46. The fourth-order valence-corrected chi connectivity index (χ4v) is 2.75. The second-order valence-corrected chi connectivity index (χ2v) is 5.63. The van der Waals surface area contributed by atoms with Crippen LogP contribution in [-0.2, 0) is 4.74 Å². The molecule has 0 aromatic heterocycles. The van der Waals surface area contributed by atoms with E-state index in [2.05, 4.69) is 11.9 Å². The highest BCUT2D eigenvalue weighted by atomic mass is 16.5. The quantitative estimate of drug-likeness (QED) is 0.618. The summed E-state index contributed by atoms with van der Waals surface area (Å²) in [6, 6.07) is 10.1. The van der Waals surface area contributed by atoms with Crippen LogP contribution in [0.4, 0.5) is 0 Å². The lowest BCUT2D eigenvalue weighted by atomic mass is 9.97. The van der Waals surface area contributed by atoms with Crippen LogP contribution in [-0.4, -0.2) is 43.6 Å². The Morgan fingerprint density at radius 3 is 2.75 bits per heavy atom. The molecule has 0 amide bonds. The van der Waals surface area contributed by atoms with Gasteiger partial charge in [0.15, 0.2) is 0 Å². The molecule has 2 unspecified atom stereocenters. The predicted molar refractivity (Wildman–Crippen MR) is 82.2 cm³/mol. The molecule has 0 spiro atoms. The van der Waals surface area contributed by atoms with Gasteiger partial charge in [0.05, 0.1) is 17.9 Å². The van der Waals surface area contributed by atoms with Crippen molar-refractivity contribution in [1.82, 2.24) is 4.90 Å². The standard InChI is InChI=1S/C16H25N3O/c1-19(11-14-9-5-6-10-20-14)12-15(16(17)18)13-7-3-2-4-8-13/h2-4,7-8,14-15H,5-6,9-12H2,1H3,(H3,17,18). The Labute approximate surface area is 121 Å². The number of rotatable bonds is 6. The van der Waals surface area contributed by atoms with Crippen LogP contribution in [0.5, 0.6) is 0 Å². The third-order valence-electron chi connectivity index (χ3n) is 3.86. The fourth-order valence-electron chi connectivity index (χ4n) is 2.75. The zero-order chi connectivity index (χ0) is 14.4. The van der Waals surface area contributed by atoms with Gasteiger partial charge in [-0.25, -0.2) is 0 Å². The molecule has 2 rings (SSSR count). The van der Waals surface area contributed by atoms with E-state index in [1.807, 2.05) is 30.3 Å². The summed E-state index contributed by atoms with van der Waals surface area (Å²) in [5.74, 6) is 0.192. The first-order chi connectivity index (χ1) is 9.66. The van der Waals surface area contributed by atoms with E-state index in [0.29, 0.717) is 6.10 Å². The number of likely N-dealkylation sites (N-methyl/N-ethyl adjacent to an activating group) is 1. The van der Waals surface area contributed by atoms with Crippen LogP contribution in [0.1, 0.15) is 30.7 Å². The third kappa shape index (κ3) is 4.32. The van der Waals surface area contributed by atoms with E-state index in [9.17, 15) is 0 Å². The maximum Gasteiger partial charge on any atom is 0.0995 e. The van der Waals surface area contributed by atoms with Crippen molar-refractivity contribution in [1.29, 1.82) is 5.41 Å². The van der Waals surface area contributed by atoms with Crippen molar-refractivity contribution >= 4 is 5.84 Å². The Hall–Kier alpha value is -1.39. The second-order valence-electron chi connectivity index (χ2n) is 5.63. The molecular formula is C16H25N3O. The monoisotopic (exact) mass is 275 g/mol. The fraction of sp³-hybridized carbons (Fsp3) is 0.562. The molecule has 2 atom stereocenters. The Morgan fingerprint density at radius 2 is 2.15 bits per heavy atom. The van der Waals surface area contributed by atoms with Crippen molar-refractivity contribution in [2.45, 2.75) is 31.3 Å². The maximum absolute atomic E-state index is 7.82. The van der Waals surface area contributed by atoms with E-state index >= 15 is 0 Å². The zero-order valence-corrected chi connectivity index (χ0v) is 12.2. The Bertz CT molecular complexity index is 415. The molecule has 4 nitrogen and oxygen atoms in total. The van der Waals surface area contributed by atoms with Crippen LogP contribution in [0, 0.1) is 5.41 Å².